The van der Waals surface area contributed by atoms with E-state index < -0.39 is 0 Å². The number of rotatable bonds is 4. The molecular weight excluding hydrogens is 294 g/mol. The quantitative estimate of drug-likeness (QED) is 0.874. The monoisotopic (exact) mass is 305 g/mol. The largest absolute Gasteiger partial charge is 0.327 e. The molecule has 92 valence electrons. The van der Waals surface area contributed by atoms with Gasteiger partial charge in [-0.15, -0.1) is 11.3 Å². The normalized spacial score (nSPS) is 14.8. The van der Waals surface area contributed by atoms with Crippen LogP contribution in [0.3, 0.4) is 0 Å². The highest BCUT2D eigenvalue weighted by Crippen LogP contribution is 2.41. The summed E-state index contributed by atoms with van der Waals surface area (Å²) in [6, 6.07) is 3.98. The van der Waals surface area contributed by atoms with Gasteiger partial charge >= 0.3 is 0 Å². The van der Waals surface area contributed by atoms with Crippen LogP contribution in [0.4, 0.5) is 0 Å². The first-order valence-electron chi connectivity index (χ1n) is 5.04. The summed E-state index contributed by atoms with van der Waals surface area (Å²) in [6.07, 6.45) is 0. The van der Waals surface area contributed by atoms with Gasteiger partial charge in [0.2, 0.25) is 0 Å². The Morgan fingerprint density at radius 1 is 1.47 bits per heavy atom. The molecule has 0 bridgehead atoms. The molecule has 0 radical (unpaired) electrons. The van der Waals surface area contributed by atoms with Crippen LogP contribution in [0.25, 0.3) is 0 Å². The number of hydrogen-bond acceptors (Lipinski definition) is 6. The van der Waals surface area contributed by atoms with E-state index in [0.29, 0.717) is 0 Å². The van der Waals surface area contributed by atoms with Crippen molar-refractivity contribution in [2.24, 2.45) is 5.73 Å². The smallest absolute Gasteiger partial charge is 0.170 e. The van der Waals surface area contributed by atoms with Crippen molar-refractivity contribution in [1.82, 2.24) is 9.36 Å². The molecule has 2 atom stereocenters. The van der Waals surface area contributed by atoms with E-state index >= 15 is 0 Å². The van der Waals surface area contributed by atoms with Crippen molar-refractivity contribution in [3.63, 3.8) is 0 Å². The fourth-order valence-corrected chi connectivity index (χ4v) is 4.62. The molecule has 2 N–H and O–H groups in total. The predicted octanol–water partition coefficient (Wildman–Crippen LogP) is 3.74. The van der Waals surface area contributed by atoms with Crippen LogP contribution >= 0.6 is 46.2 Å². The topological polar surface area (TPSA) is 51.8 Å². The number of hydrogen-bond donors (Lipinski definition) is 1. The molecule has 7 heteroatoms. The van der Waals surface area contributed by atoms with Crippen molar-refractivity contribution in [2.75, 3.05) is 0 Å². The molecule has 2 aromatic heterocycles. The molecule has 3 nitrogen and oxygen atoms in total. The molecule has 0 fully saturated rings. The third-order valence-electron chi connectivity index (χ3n) is 2.09. The van der Waals surface area contributed by atoms with Crippen molar-refractivity contribution < 1.29 is 0 Å². The van der Waals surface area contributed by atoms with Crippen LogP contribution in [0.15, 0.2) is 16.5 Å². The molecule has 0 aliphatic carbocycles. The molecule has 0 saturated heterocycles. The molecule has 0 aromatic carbocycles. The summed E-state index contributed by atoms with van der Waals surface area (Å²) in [4.78, 5) is 5.53. The predicted molar refractivity (Wildman–Crippen MR) is 76.2 cm³/mol. The maximum atomic E-state index is 6.03. The van der Waals surface area contributed by atoms with Crippen LogP contribution in [0, 0.1) is 6.92 Å². The molecule has 2 rings (SSSR count). The second kappa shape index (κ2) is 5.67. The second-order valence-electron chi connectivity index (χ2n) is 3.65. The fraction of sp³-hybridized carbons (Fsp3) is 0.400. The molecule has 17 heavy (non-hydrogen) atoms. The molecule has 2 aromatic rings. The Labute approximate surface area is 118 Å². The molecule has 2 heterocycles. The Balaban J connectivity index is 2.18. The summed E-state index contributed by atoms with van der Waals surface area (Å²) in [6.45, 7) is 3.89. The molecule has 0 saturated carbocycles. The van der Waals surface area contributed by atoms with Crippen molar-refractivity contribution in [1.29, 1.82) is 0 Å². The number of thioether (sulfide) groups is 1. The lowest BCUT2D eigenvalue weighted by Gasteiger charge is -2.16. The standard InChI is InChI=1S/C10H12ClN3S3/c1-5(12)9(7-3-4-8(11)15-7)16-10-13-6(2)14-17-10/h3-5,9H,12H2,1-2H3. The Bertz CT molecular complexity index is 494. The zero-order valence-corrected chi connectivity index (χ0v) is 12.6. The zero-order chi connectivity index (χ0) is 12.4. The Kier molecular flexibility index (Phi) is 4.43. The Hall–Kier alpha value is -0.140. The van der Waals surface area contributed by atoms with Gasteiger partial charge in [-0.25, -0.2) is 4.98 Å². The maximum absolute atomic E-state index is 6.03. The van der Waals surface area contributed by atoms with Gasteiger partial charge in [0.1, 0.15) is 5.82 Å². The van der Waals surface area contributed by atoms with Crippen LogP contribution in [0.1, 0.15) is 22.9 Å². The summed E-state index contributed by atoms with van der Waals surface area (Å²) in [5, 5.41) is 0.180. The highest BCUT2D eigenvalue weighted by molar-refractivity contribution is 8.01. The number of aryl methyl sites for hydroxylation is 1. The minimum Gasteiger partial charge on any atom is -0.327 e. The van der Waals surface area contributed by atoms with Gasteiger partial charge in [0.15, 0.2) is 4.34 Å². The lowest BCUT2D eigenvalue weighted by Crippen LogP contribution is -2.21. The van der Waals surface area contributed by atoms with Gasteiger partial charge < -0.3 is 5.73 Å². The molecule has 0 aliphatic rings. The summed E-state index contributed by atoms with van der Waals surface area (Å²) < 4.78 is 5.92. The van der Waals surface area contributed by atoms with Gasteiger partial charge in [-0.2, -0.15) is 4.37 Å². The lowest BCUT2D eigenvalue weighted by molar-refractivity contribution is 0.729. The summed E-state index contributed by atoms with van der Waals surface area (Å²) in [7, 11) is 0. The number of aromatic nitrogens is 2. The van der Waals surface area contributed by atoms with E-state index in [9.17, 15) is 0 Å². The van der Waals surface area contributed by atoms with Crippen molar-refractivity contribution in [3.8, 4) is 0 Å². The summed E-state index contributed by atoms with van der Waals surface area (Å²) >= 11 is 10.6. The number of nitrogens with zero attached hydrogens (tertiary/aromatic N) is 2. The average Bonchev–Trinajstić information content (AvgIpc) is 2.83. The van der Waals surface area contributed by atoms with E-state index in [0.717, 1.165) is 14.5 Å². The Morgan fingerprint density at radius 3 is 2.71 bits per heavy atom. The Morgan fingerprint density at radius 2 is 2.24 bits per heavy atom. The molecule has 2 unspecified atom stereocenters. The van der Waals surface area contributed by atoms with Crippen molar-refractivity contribution in [2.45, 2.75) is 29.5 Å². The minimum absolute atomic E-state index is 0.0407. The molecule has 0 spiro atoms. The third-order valence-corrected chi connectivity index (χ3v) is 5.90. The van der Waals surface area contributed by atoms with Gasteiger partial charge in [0, 0.05) is 10.9 Å². The van der Waals surface area contributed by atoms with Crippen molar-refractivity contribution >= 4 is 46.2 Å². The summed E-state index contributed by atoms with van der Waals surface area (Å²) in [5.41, 5.74) is 6.03. The molecular formula is C10H12ClN3S3. The van der Waals surface area contributed by atoms with Crippen LogP contribution in [0.5, 0.6) is 0 Å². The second-order valence-corrected chi connectivity index (χ2v) is 7.53. The van der Waals surface area contributed by atoms with Crippen LogP contribution in [-0.2, 0) is 0 Å². The average molecular weight is 306 g/mol. The highest BCUT2D eigenvalue weighted by Gasteiger charge is 2.21. The molecule has 0 aliphatic heterocycles. The number of nitrogens with two attached hydrogens (primary N) is 1. The first kappa shape index (κ1) is 13.3. The van der Waals surface area contributed by atoms with E-state index in [1.54, 1.807) is 23.1 Å². The van der Waals surface area contributed by atoms with Gasteiger partial charge in [0.25, 0.3) is 0 Å². The van der Waals surface area contributed by atoms with E-state index in [2.05, 4.69) is 9.36 Å². The van der Waals surface area contributed by atoms with E-state index in [1.807, 2.05) is 26.0 Å². The lowest BCUT2D eigenvalue weighted by atomic mass is 10.2. The van der Waals surface area contributed by atoms with Crippen LogP contribution < -0.4 is 5.73 Å². The highest BCUT2D eigenvalue weighted by atomic mass is 35.5. The fourth-order valence-electron chi connectivity index (χ4n) is 1.34. The van der Waals surface area contributed by atoms with Gasteiger partial charge in [-0.1, -0.05) is 23.4 Å². The minimum atomic E-state index is 0.0407. The van der Waals surface area contributed by atoms with Gasteiger partial charge in [-0.3, -0.25) is 0 Å². The number of thiophene rings is 1. The van der Waals surface area contributed by atoms with E-state index in [1.165, 1.54) is 16.4 Å². The zero-order valence-electron chi connectivity index (χ0n) is 9.38. The van der Waals surface area contributed by atoms with Crippen LogP contribution in [0.2, 0.25) is 4.34 Å². The number of halogens is 1. The molecule has 0 amide bonds. The summed E-state index contributed by atoms with van der Waals surface area (Å²) in [5.74, 6) is 0.810. The van der Waals surface area contributed by atoms with E-state index in [-0.39, 0.29) is 11.3 Å². The van der Waals surface area contributed by atoms with E-state index in [4.69, 9.17) is 17.3 Å². The SMILES string of the molecule is Cc1nsc(SC(c2ccc(Cl)s2)C(C)N)n1. The first-order chi connectivity index (χ1) is 8.06. The van der Waals surface area contributed by atoms with Gasteiger partial charge in [-0.05, 0) is 37.5 Å². The van der Waals surface area contributed by atoms with Crippen molar-refractivity contribution in [3.05, 3.63) is 27.2 Å². The third kappa shape index (κ3) is 3.42. The first-order valence-corrected chi connectivity index (χ1v) is 7.89. The van der Waals surface area contributed by atoms with Crippen LogP contribution in [-0.4, -0.2) is 15.4 Å². The maximum Gasteiger partial charge on any atom is 0.170 e. The van der Waals surface area contributed by atoms with Gasteiger partial charge in [0.05, 0.1) is 9.59 Å².